The van der Waals surface area contributed by atoms with Crippen LogP contribution in [0.1, 0.15) is 28.0 Å². The second kappa shape index (κ2) is 5.84. The zero-order valence-corrected chi connectivity index (χ0v) is 11.8. The molecular weight excluding hydrogens is 260 g/mol. The van der Waals surface area contributed by atoms with E-state index in [-0.39, 0.29) is 5.78 Å². The van der Waals surface area contributed by atoms with E-state index in [1.165, 1.54) is 11.3 Å². The highest BCUT2D eigenvalue weighted by molar-refractivity contribution is 7.09. The second-order valence-corrected chi connectivity index (χ2v) is 5.11. The molecule has 5 heteroatoms. The van der Waals surface area contributed by atoms with Gasteiger partial charge in [-0.1, -0.05) is 0 Å². The van der Waals surface area contributed by atoms with Crippen LogP contribution in [0.5, 0.6) is 5.75 Å². The number of Topliss-reactive ketones (excluding diaryl/α,β-unsaturated/α-hetero) is 1. The molecule has 0 aliphatic carbocycles. The number of carbonyl (C=O) groups excluding carboxylic acids is 1. The Kier molecular flexibility index (Phi) is 4.16. The molecule has 4 nitrogen and oxygen atoms in total. The Balaban J connectivity index is 2.13. The lowest BCUT2D eigenvalue weighted by Crippen LogP contribution is -2.05. The molecule has 0 saturated heterocycles. The van der Waals surface area contributed by atoms with Crippen molar-refractivity contribution in [3.8, 4) is 5.75 Å². The quantitative estimate of drug-likeness (QED) is 0.673. The fourth-order valence-corrected chi connectivity index (χ4v) is 2.50. The molecule has 0 atom stereocenters. The summed E-state index contributed by atoms with van der Waals surface area (Å²) in [5.41, 5.74) is 7.88. The molecule has 1 aromatic heterocycles. The number of carbonyl (C=O) groups is 1. The average molecular weight is 276 g/mol. The fraction of sp³-hybridized carbons (Fsp3) is 0.286. The average Bonchev–Trinajstić information content (AvgIpc) is 2.77. The van der Waals surface area contributed by atoms with E-state index in [0.717, 1.165) is 10.7 Å². The van der Waals surface area contributed by atoms with Gasteiger partial charge in [0.15, 0.2) is 5.78 Å². The van der Waals surface area contributed by atoms with Crippen molar-refractivity contribution < 1.29 is 9.53 Å². The number of ketones is 1. The Hall–Kier alpha value is -1.88. The summed E-state index contributed by atoms with van der Waals surface area (Å²) in [5.74, 6) is 0.633. The molecule has 2 rings (SSSR count). The first-order chi connectivity index (χ1) is 9.10. The van der Waals surface area contributed by atoms with Gasteiger partial charge < -0.3 is 10.5 Å². The number of hydrogen-bond acceptors (Lipinski definition) is 5. The first-order valence-electron chi connectivity index (χ1n) is 6.06. The number of thiazole rings is 1. The van der Waals surface area contributed by atoms with E-state index < -0.39 is 0 Å². The minimum Gasteiger partial charge on any atom is -0.492 e. The van der Waals surface area contributed by atoms with Gasteiger partial charge in [-0.15, -0.1) is 11.3 Å². The van der Waals surface area contributed by atoms with E-state index >= 15 is 0 Å². The molecule has 0 aliphatic heterocycles. The van der Waals surface area contributed by atoms with Crippen LogP contribution in [0.25, 0.3) is 0 Å². The normalized spacial score (nSPS) is 10.4. The monoisotopic (exact) mass is 276 g/mol. The number of nitrogens with two attached hydrogens (primary N) is 1. The van der Waals surface area contributed by atoms with Crippen LogP contribution in [0.4, 0.5) is 5.69 Å². The number of anilines is 1. The van der Waals surface area contributed by atoms with Crippen molar-refractivity contribution in [2.24, 2.45) is 0 Å². The SMILES string of the molecule is CCOc1ccc(C(=O)Cc2nc(C)cs2)cc1N. The van der Waals surface area contributed by atoms with Crippen molar-refractivity contribution in [2.45, 2.75) is 20.3 Å². The molecule has 0 spiro atoms. The summed E-state index contributed by atoms with van der Waals surface area (Å²) in [6.07, 6.45) is 0.311. The minimum absolute atomic E-state index is 0.0177. The number of nitrogens with zero attached hydrogens (tertiary/aromatic N) is 1. The predicted molar refractivity (Wildman–Crippen MR) is 76.9 cm³/mol. The molecule has 0 unspecified atom stereocenters. The first-order valence-corrected chi connectivity index (χ1v) is 6.94. The summed E-state index contributed by atoms with van der Waals surface area (Å²) in [4.78, 5) is 16.4. The van der Waals surface area contributed by atoms with E-state index in [4.69, 9.17) is 10.5 Å². The number of rotatable bonds is 5. The molecule has 0 aliphatic rings. The molecule has 19 heavy (non-hydrogen) atoms. The van der Waals surface area contributed by atoms with E-state index in [1.54, 1.807) is 18.2 Å². The van der Waals surface area contributed by atoms with Crippen molar-refractivity contribution in [1.82, 2.24) is 4.98 Å². The summed E-state index contributed by atoms with van der Waals surface area (Å²) in [7, 11) is 0. The maximum Gasteiger partial charge on any atom is 0.169 e. The van der Waals surface area contributed by atoms with Crippen molar-refractivity contribution in [3.05, 3.63) is 39.8 Å². The van der Waals surface area contributed by atoms with E-state index in [0.29, 0.717) is 30.0 Å². The van der Waals surface area contributed by atoms with Gasteiger partial charge in [0.25, 0.3) is 0 Å². The van der Waals surface area contributed by atoms with Crippen LogP contribution in [0.2, 0.25) is 0 Å². The van der Waals surface area contributed by atoms with Crippen molar-refractivity contribution in [3.63, 3.8) is 0 Å². The van der Waals surface area contributed by atoms with E-state index in [2.05, 4.69) is 4.98 Å². The van der Waals surface area contributed by atoms with Gasteiger partial charge >= 0.3 is 0 Å². The molecule has 1 heterocycles. The molecule has 0 bridgehead atoms. The smallest absolute Gasteiger partial charge is 0.169 e. The molecule has 1 aromatic carbocycles. The molecule has 100 valence electrons. The van der Waals surface area contributed by atoms with Crippen LogP contribution in [-0.4, -0.2) is 17.4 Å². The summed E-state index contributed by atoms with van der Waals surface area (Å²) in [6.45, 7) is 4.36. The Bertz CT molecular complexity index is 593. The number of nitrogen functional groups attached to an aromatic ring is 1. The highest BCUT2D eigenvalue weighted by atomic mass is 32.1. The van der Waals surface area contributed by atoms with Crippen LogP contribution in [0.3, 0.4) is 0 Å². The Labute approximate surface area is 116 Å². The first kappa shape index (κ1) is 13.5. The van der Waals surface area contributed by atoms with Gasteiger partial charge in [0, 0.05) is 16.6 Å². The Morgan fingerprint density at radius 1 is 1.47 bits per heavy atom. The van der Waals surface area contributed by atoms with Gasteiger partial charge in [0.2, 0.25) is 0 Å². The number of ether oxygens (including phenoxy) is 1. The van der Waals surface area contributed by atoms with Crippen LogP contribution in [-0.2, 0) is 6.42 Å². The highest BCUT2D eigenvalue weighted by Gasteiger charge is 2.11. The van der Waals surface area contributed by atoms with Crippen molar-refractivity contribution in [2.75, 3.05) is 12.3 Å². The predicted octanol–water partition coefficient (Wildman–Crippen LogP) is 2.86. The third-order valence-corrected chi connectivity index (χ3v) is 3.58. The van der Waals surface area contributed by atoms with Crippen LogP contribution in [0.15, 0.2) is 23.6 Å². The maximum absolute atomic E-state index is 12.1. The molecule has 0 radical (unpaired) electrons. The maximum atomic E-state index is 12.1. The lowest BCUT2D eigenvalue weighted by molar-refractivity contribution is 0.0993. The van der Waals surface area contributed by atoms with Gasteiger partial charge in [0.1, 0.15) is 10.8 Å². The Morgan fingerprint density at radius 3 is 2.84 bits per heavy atom. The third kappa shape index (κ3) is 3.32. The fourth-order valence-electron chi connectivity index (χ4n) is 1.73. The van der Waals surface area contributed by atoms with Gasteiger partial charge in [-0.3, -0.25) is 4.79 Å². The van der Waals surface area contributed by atoms with Crippen LogP contribution < -0.4 is 10.5 Å². The van der Waals surface area contributed by atoms with Gasteiger partial charge in [0.05, 0.1) is 18.7 Å². The summed E-state index contributed by atoms with van der Waals surface area (Å²) in [5, 5.41) is 2.77. The molecular formula is C14H16N2O2S. The molecule has 0 saturated carbocycles. The molecule has 0 fully saturated rings. The van der Waals surface area contributed by atoms with Crippen molar-refractivity contribution >= 4 is 22.8 Å². The zero-order valence-electron chi connectivity index (χ0n) is 11.0. The number of aryl methyl sites for hydroxylation is 1. The highest BCUT2D eigenvalue weighted by Crippen LogP contribution is 2.23. The summed E-state index contributed by atoms with van der Waals surface area (Å²) in [6, 6.07) is 5.14. The topological polar surface area (TPSA) is 65.2 Å². The summed E-state index contributed by atoms with van der Waals surface area (Å²) < 4.78 is 5.35. The zero-order chi connectivity index (χ0) is 13.8. The number of benzene rings is 1. The van der Waals surface area contributed by atoms with Crippen LogP contribution >= 0.6 is 11.3 Å². The lowest BCUT2D eigenvalue weighted by Gasteiger charge is -2.07. The molecule has 2 aromatic rings. The lowest BCUT2D eigenvalue weighted by atomic mass is 10.1. The Morgan fingerprint density at radius 2 is 2.26 bits per heavy atom. The molecule has 2 N–H and O–H groups in total. The summed E-state index contributed by atoms with van der Waals surface area (Å²) >= 11 is 1.50. The molecule has 0 amide bonds. The van der Waals surface area contributed by atoms with Crippen molar-refractivity contribution in [1.29, 1.82) is 0 Å². The standard InChI is InChI=1S/C14H16N2O2S/c1-3-18-13-5-4-10(6-11(13)15)12(17)7-14-16-9(2)8-19-14/h4-6,8H,3,7,15H2,1-2H3. The minimum atomic E-state index is 0.0177. The number of aromatic nitrogens is 1. The number of hydrogen-bond donors (Lipinski definition) is 1. The largest absolute Gasteiger partial charge is 0.492 e. The van der Waals surface area contributed by atoms with E-state index in [9.17, 15) is 4.79 Å². The van der Waals surface area contributed by atoms with Gasteiger partial charge in [-0.25, -0.2) is 4.98 Å². The van der Waals surface area contributed by atoms with Crippen LogP contribution in [0, 0.1) is 6.92 Å². The van der Waals surface area contributed by atoms with Gasteiger partial charge in [-0.2, -0.15) is 0 Å². The third-order valence-electron chi connectivity index (χ3n) is 2.61. The second-order valence-electron chi connectivity index (χ2n) is 4.17. The van der Waals surface area contributed by atoms with Gasteiger partial charge in [-0.05, 0) is 32.0 Å². The van der Waals surface area contributed by atoms with E-state index in [1.807, 2.05) is 19.2 Å².